The van der Waals surface area contributed by atoms with Crippen LogP contribution in [0.4, 0.5) is 0 Å². The van der Waals surface area contributed by atoms with E-state index < -0.39 is 0 Å². The first kappa shape index (κ1) is 20.2. The van der Waals surface area contributed by atoms with Crippen LogP contribution in [0.2, 0.25) is 0 Å². The second-order valence-corrected chi connectivity index (χ2v) is 8.46. The van der Waals surface area contributed by atoms with Gasteiger partial charge in [0.1, 0.15) is 0 Å². The van der Waals surface area contributed by atoms with E-state index in [0.29, 0.717) is 18.4 Å². The van der Waals surface area contributed by atoms with Crippen LogP contribution >= 0.6 is 11.8 Å². The summed E-state index contributed by atoms with van der Waals surface area (Å²) in [4.78, 5) is 17.7. The third-order valence-corrected chi connectivity index (χ3v) is 6.72. The maximum Gasteiger partial charge on any atom is 0.175 e. The van der Waals surface area contributed by atoms with Crippen molar-refractivity contribution in [2.75, 3.05) is 19.5 Å². The molecule has 2 aromatic rings. The molecule has 1 saturated carbocycles. The third kappa shape index (κ3) is 4.16. The molecular weight excluding hydrogens is 358 g/mol. The Morgan fingerprint density at radius 2 is 1.93 bits per heavy atom. The lowest BCUT2D eigenvalue weighted by Crippen LogP contribution is -2.11. The standard InChI is InChI=1S/C21H31N3O2S/c1-14-12-19(17(4)23(14)10-11-26-5)20(25)13-27-21-22-15(2)16(3)24(21)18-8-6-7-9-18/h12,18H,6-11,13H2,1-5H3. The van der Waals surface area contributed by atoms with Crippen LogP contribution in [0.15, 0.2) is 11.2 Å². The normalized spacial score (nSPS) is 15.0. The summed E-state index contributed by atoms with van der Waals surface area (Å²) < 4.78 is 9.72. The number of aromatic nitrogens is 3. The molecule has 0 radical (unpaired) electrons. The Bertz CT molecular complexity index is 816. The Balaban J connectivity index is 1.74. The molecule has 5 nitrogen and oxygen atoms in total. The van der Waals surface area contributed by atoms with E-state index >= 15 is 0 Å². The molecule has 27 heavy (non-hydrogen) atoms. The van der Waals surface area contributed by atoms with Gasteiger partial charge < -0.3 is 13.9 Å². The number of ketones is 1. The molecule has 3 rings (SSSR count). The fraction of sp³-hybridized carbons (Fsp3) is 0.619. The quantitative estimate of drug-likeness (QED) is 0.487. The highest BCUT2D eigenvalue weighted by atomic mass is 32.2. The van der Waals surface area contributed by atoms with Crippen molar-refractivity contribution in [3.63, 3.8) is 0 Å². The SMILES string of the molecule is COCCn1c(C)cc(C(=O)CSc2nc(C)c(C)n2C2CCCC2)c1C. The largest absolute Gasteiger partial charge is 0.383 e. The molecule has 6 heteroatoms. The van der Waals surface area contributed by atoms with E-state index in [0.717, 1.165) is 34.3 Å². The molecular formula is C21H31N3O2S. The molecule has 0 saturated heterocycles. The Hall–Kier alpha value is -1.53. The highest BCUT2D eigenvalue weighted by Gasteiger charge is 2.24. The van der Waals surface area contributed by atoms with Crippen LogP contribution in [0.3, 0.4) is 0 Å². The summed E-state index contributed by atoms with van der Waals surface area (Å²) in [6.45, 7) is 9.71. The van der Waals surface area contributed by atoms with Crippen LogP contribution in [0.5, 0.6) is 0 Å². The molecule has 0 spiro atoms. The Kier molecular flexibility index (Phi) is 6.48. The zero-order valence-corrected chi connectivity index (χ0v) is 18.0. The van der Waals surface area contributed by atoms with Crippen molar-refractivity contribution >= 4 is 17.5 Å². The van der Waals surface area contributed by atoms with Gasteiger partial charge in [0.15, 0.2) is 10.9 Å². The maximum atomic E-state index is 12.9. The lowest BCUT2D eigenvalue weighted by atomic mass is 10.2. The molecule has 0 amide bonds. The summed E-state index contributed by atoms with van der Waals surface area (Å²) in [5, 5.41) is 0.999. The Labute approximate surface area is 166 Å². The molecule has 148 valence electrons. The van der Waals surface area contributed by atoms with Gasteiger partial charge in [-0.3, -0.25) is 4.79 Å². The molecule has 1 aliphatic rings. The topological polar surface area (TPSA) is 49.1 Å². The van der Waals surface area contributed by atoms with Gasteiger partial charge in [0.2, 0.25) is 0 Å². The zero-order valence-electron chi connectivity index (χ0n) is 17.2. The van der Waals surface area contributed by atoms with Crippen molar-refractivity contribution in [2.24, 2.45) is 0 Å². The minimum atomic E-state index is 0.174. The summed E-state index contributed by atoms with van der Waals surface area (Å²) >= 11 is 1.58. The predicted molar refractivity (Wildman–Crippen MR) is 110 cm³/mol. The highest BCUT2D eigenvalue weighted by molar-refractivity contribution is 7.99. The first-order chi connectivity index (χ1) is 12.9. The average Bonchev–Trinajstić information content (AvgIpc) is 3.32. The molecule has 0 unspecified atom stereocenters. The van der Waals surface area contributed by atoms with Crippen LogP contribution in [-0.2, 0) is 11.3 Å². The zero-order chi connectivity index (χ0) is 19.6. The van der Waals surface area contributed by atoms with Crippen molar-refractivity contribution in [3.8, 4) is 0 Å². The number of hydrogen-bond acceptors (Lipinski definition) is 4. The highest BCUT2D eigenvalue weighted by Crippen LogP contribution is 2.35. The number of carbonyl (C=O) groups is 1. The fourth-order valence-electron chi connectivity index (χ4n) is 4.11. The fourth-order valence-corrected chi connectivity index (χ4v) is 5.15. The van der Waals surface area contributed by atoms with E-state index in [1.165, 1.54) is 31.4 Å². The monoisotopic (exact) mass is 389 g/mol. The second kappa shape index (κ2) is 8.65. The average molecular weight is 390 g/mol. The number of thioether (sulfide) groups is 1. The van der Waals surface area contributed by atoms with Crippen LogP contribution in [0.25, 0.3) is 0 Å². The van der Waals surface area contributed by atoms with Gasteiger partial charge in [0.05, 0.1) is 18.1 Å². The summed E-state index contributed by atoms with van der Waals surface area (Å²) in [5.41, 5.74) is 5.28. The lowest BCUT2D eigenvalue weighted by molar-refractivity contribution is 0.102. The number of methoxy groups -OCH3 is 1. The van der Waals surface area contributed by atoms with E-state index in [2.05, 4.69) is 23.0 Å². The smallest absolute Gasteiger partial charge is 0.175 e. The van der Waals surface area contributed by atoms with Crippen molar-refractivity contribution in [2.45, 2.75) is 71.1 Å². The van der Waals surface area contributed by atoms with Crippen LogP contribution in [-0.4, -0.2) is 39.4 Å². The molecule has 2 heterocycles. The Morgan fingerprint density at radius 1 is 1.22 bits per heavy atom. The molecule has 1 fully saturated rings. The maximum absolute atomic E-state index is 12.9. The van der Waals surface area contributed by atoms with Crippen LogP contribution < -0.4 is 0 Å². The minimum absolute atomic E-state index is 0.174. The van der Waals surface area contributed by atoms with Gasteiger partial charge in [-0.05, 0) is 46.6 Å². The summed E-state index contributed by atoms with van der Waals surface area (Å²) in [5.74, 6) is 0.602. The third-order valence-electron chi connectivity index (χ3n) is 5.77. The van der Waals surface area contributed by atoms with E-state index in [4.69, 9.17) is 9.72 Å². The summed E-state index contributed by atoms with van der Waals surface area (Å²) in [6, 6.07) is 2.55. The first-order valence-electron chi connectivity index (χ1n) is 9.81. The molecule has 0 atom stereocenters. The first-order valence-corrected chi connectivity index (χ1v) is 10.8. The van der Waals surface area contributed by atoms with Gasteiger partial charge >= 0.3 is 0 Å². The number of carbonyl (C=O) groups excluding carboxylic acids is 1. The number of nitrogens with zero attached hydrogens (tertiary/aromatic N) is 3. The summed E-state index contributed by atoms with van der Waals surface area (Å²) in [7, 11) is 1.70. The van der Waals surface area contributed by atoms with E-state index in [1.807, 2.05) is 19.9 Å². The van der Waals surface area contributed by atoms with Gasteiger partial charge in [-0.1, -0.05) is 24.6 Å². The molecule has 0 bridgehead atoms. The molecule has 2 aromatic heterocycles. The number of imidazole rings is 1. The van der Waals surface area contributed by atoms with Crippen molar-refractivity contribution in [1.82, 2.24) is 14.1 Å². The number of ether oxygens (including phenoxy) is 1. The van der Waals surface area contributed by atoms with Crippen molar-refractivity contribution in [1.29, 1.82) is 0 Å². The molecule has 1 aliphatic carbocycles. The molecule has 0 aliphatic heterocycles. The predicted octanol–water partition coefficient (Wildman–Crippen LogP) is 4.65. The molecule has 0 aromatic carbocycles. The van der Waals surface area contributed by atoms with Crippen molar-refractivity contribution in [3.05, 3.63) is 34.4 Å². The van der Waals surface area contributed by atoms with E-state index in [9.17, 15) is 4.79 Å². The van der Waals surface area contributed by atoms with Gasteiger partial charge in [0.25, 0.3) is 0 Å². The van der Waals surface area contributed by atoms with Gasteiger partial charge in [0, 0.05) is 42.3 Å². The Morgan fingerprint density at radius 3 is 2.59 bits per heavy atom. The molecule has 0 N–H and O–H groups in total. The van der Waals surface area contributed by atoms with Crippen LogP contribution in [0, 0.1) is 27.7 Å². The van der Waals surface area contributed by atoms with E-state index in [-0.39, 0.29) is 5.78 Å². The summed E-state index contributed by atoms with van der Waals surface area (Å²) in [6.07, 6.45) is 5.02. The van der Waals surface area contributed by atoms with Gasteiger partial charge in [-0.25, -0.2) is 4.98 Å². The van der Waals surface area contributed by atoms with E-state index in [1.54, 1.807) is 18.9 Å². The van der Waals surface area contributed by atoms with Crippen molar-refractivity contribution < 1.29 is 9.53 Å². The number of hydrogen-bond donors (Lipinski definition) is 0. The van der Waals surface area contributed by atoms with Gasteiger partial charge in [-0.15, -0.1) is 0 Å². The number of Topliss-reactive ketones (excluding diaryl/α,β-unsaturated/α-hetero) is 1. The minimum Gasteiger partial charge on any atom is -0.383 e. The lowest BCUT2D eigenvalue weighted by Gasteiger charge is -2.16. The van der Waals surface area contributed by atoms with Crippen LogP contribution in [0.1, 0.15) is 64.9 Å². The number of aryl methyl sites for hydroxylation is 2. The van der Waals surface area contributed by atoms with Gasteiger partial charge in [-0.2, -0.15) is 0 Å². The number of rotatable bonds is 8. The second-order valence-electron chi connectivity index (χ2n) is 7.51.